The third kappa shape index (κ3) is 2.76. The van der Waals surface area contributed by atoms with Crippen LogP contribution in [0.25, 0.3) is 0 Å². The van der Waals surface area contributed by atoms with Gasteiger partial charge in [-0.15, -0.1) is 0 Å². The average molecular weight is 297 g/mol. The lowest BCUT2D eigenvalue weighted by Crippen LogP contribution is -2.34. The molecule has 0 aliphatic heterocycles. The van der Waals surface area contributed by atoms with Crippen LogP contribution in [0, 0.1) is 24.1 Å². The van der Waals surface area contributed by atoms with Crippen molar-refractivity contribution in [3.05, 3.63) is 23.5 Å². The maximum Gasteiger partial charge on any atom is 0.243 e. The van der Waals surface area contributed by atoms with Gasteiger partial charge in [0.1, 0.15) is 5.82 Å². The number of nitrogens with zero attached hydrogens (tertiary/aromatic N) is 2. The Bertz CT molecular complexity index is 663. The first-order valence-electron chi connectivity index (χ1n) is 6.32. The van der Waals surface area contributed by atoms with E-state index in [2.05, 4.69) is 0 Å². The minimum Gasteiger partial charge on any atom is -0.399 e. The van der Waals surface area contributed by atoms with Crippen molar-refractivity contribution in [2.45, 2.75) is 37.1 Å². The molecule has 0 aromatic heterocycles. The molecule has 5 nitrogen and oxygen atoms in total. The highest BCUT2D eigenvalue weighted by Crippen LogP contribution is 2.34. The van der Waals surface area contributed by atoms with E-state index in [4.69, 9.17) is 11.0 Å². The maximum atomic E-state index is 13.7. The fraction of sp³-hybridized carbons (Fsp3) is 0.462. The second-order valence-electron chi connectivity index (χ2n) is 4.88. The molecule has 1 saturated carbocycles. The molecule has 0 amide bonds. The lowest BCUT2D eigenvalue weighted by atomic mass is 10.2. The normalized spacial score (nSPS) is 15.3. The van der Waals surface area contributed by atoms with Gasteiger partial charge < -0.3 is 5.73 Å². The van der Waals surface area contributed by atoms with Crippen molar-refractivity contribution >= 4 is 15.7 Å². The standard InChI is InChI=1S/C13H16FN3O2S/c1-9-12(14)7-10(16)8-13(9)20(18,19)17(6-2-5-15)11-3-4-11/h7-8,11H,2-4,6,16H2,1H3. The molecule has 1 aliphatic carbocycles. The minimum atomic E-state index is -3.82. The number of rotatable bonds is 5. The van der Waals surface area contributed by atoms with Gasteiger partial charge in [-0.3, -0.25) is 0 Å². The van der Waals surface area contributed by atoms with Crippen LogP contribution in [0.1, 0.15) is 24.8 Å². The van der Waals surface area contributed by atoms with Crippen molar-refractivity contribution in [2.75, 3.05) is 12.3 Å². The molecule has 0 unspecified atom stereocenters. The van der Waals surface area contributed by atoms with Gasteiger partial charge in [-0.05, 0) is 31.9 Å². The number of hydrogen-bond donors (Lipinski definition) is 1. The topological polar surface area (TPSA) is 87.2 Å². The molecule has 0 bridgehead atoms. The summed E-state index contributed by atoms with van der Waals surface area (Å²) in [7, 11) is -3.82. The summed E-state index contributed by atoms with van der Waals surface area (Å²) in [5, 5.41) is 8.64. The SMILES string of the molecule is Cc1c(F)cc(N)cc1S(=O)(=O)N(CCC#N)C1CC1. The van der Waals surface area contributed by atoms with Crippen LogP contribution in [0.4, 0.5) is 10.1 Å². The Labute approximate surface area is 117 Å². The van der Waals surface area contributed by atoms with E-state index < -0.39 is 15.8 Å². The van der Waals surface area contributed by atoms with Crippen molar-refractivity contribution in [2.24, 2.45) is 0 Å². The first-order chi connectivity index (χ1) is 9.37. The van der Waals surface area contributed by atoms with Crippen LogP contribution in [-0.4, -0.2) is 25.3 Å². The molecule has 108 valence electrons. The highest BCUT2D eigenvalue weighted by Gasteiger charge is 2.38. The largest absolute Gasteiger partial charge is 0.399 e. The lowest BCUT2D eigenvalue weighted by Gasteiger charge is -2.22. The summed E-state index contributed by atoms with van der Waals surface area (Å²) in [6.45, 7) is 1.54. The minimum absolute atomic E-state index is 0.0572. The highest BCUT2D eigenvalue weighted by atomic mass is 32.2. The van der Waals surface area contributed by atoms with E-state index in [1.807, 2.05) is 6.07 Å². The summed E-state index contributed by atoms with van der Waals surface area (Å²) in [5.74, 6) is -0.639. The quantitative estimate of drug-likeness (QED) is 0.839. The molecule has 2 rings (SSSR count). The first kappa shape index (κ1) is 14.8. The third-order valence-electron chi connectivity index (χ3n) is 3.30. The van der Waals surface area contributed by atoms with Gasteiger partial charge in [0.25, 0.3) is 0 Å². The highest BCUT2D eigenvalue weighted by molar-refractivity contribution is 7.89. The molecule has 0 saturated heterocycles. The fourth-order valence-corrected chi connectivity index (χ4v) is 4.05. The average Bonchev–Trinajstić information content (AvgIpc) is 3.18. The van der Waals surface area contributed by atoms with Crippen molar-refractivity contribution in [3.63, 3.8) is 0 Å². The smallest absolute Gasteiger partial charge is 0.243 e. The van der Waals surface area contributed by atoms with E-state index in [0.717, 1.165) is 18.9 Å². The van der Waals surface area contributed by atoms with Gasteiger partial charge in [0.05, 0.1) is 11.0 Å². The van der Waals surface area contributed by atoms with Gasteiger partial charge in [0, 0.05) is 30.3 Å². The molecule has 2 N–H and O–H groups in total. The molecule has 1 aliphatic rings. The molecule has 7 heteroatoms. The van der Waals surface area contributed by atoms with E-state index in [9.17, 15) is 12.8 Å². The molecule has 0 radical (unpaired) electrons. The number of nitriles is 1. The summed E-state index contributed by atoms with van der Waals surface area (Å²) in [5.41, 5.74) is 5.67. The predicted molar refractivity (Wildman–Crippen MR) is 72.7 cm³/mol. The van der Waals surface area contributed by atoms with Crippen LogP contribution in [0.2, 0.25) is 0 Å². The van der Waals surface area contributed by atoms with Gasteiger partial charge in [-0.1, -0.05) is 0 Å². The molecule has 20 heavy (non-hydrogen) atoms. The monoisotopic (exact) mass is 297 g/mol. The molecule has 1 fully saturated rings. The van der Waals surface area contributed by atoms with Crippen molar-refractivity contribution < 1.29 is 12.8 Å². The van der Waals surface area contributed by atoms with E-state index in [1.54, 1.807) is 0 Å². The van der Waals surface area contributed by atoms with E-state index in [1.165, 1.54) is 17.3 Å². The number of nitrogen functional groups attached to an aromatic ring is 1. The Balaban J connectivity index is 2.45. The van der Waals surface area contributed by atoms with E-state index in [-0.39, 0.29) is 35.2 Å². The summed E-state index contributed by atoms with van der Waals surface area (Å²) >= 11 is 0. The molecule has 0 spiro atoms. The molecule has 1 aromatic carbocycles. The molecular formula is C13H16FN3O2S. The summed E-state index contributed by atoms with van der Waals surface area (Å²) < 4.78 is 40.3. The predicted octanol–water partition coefficient (Wildman–Crippen LogP) is 1.78. The second kappa shape index (κ2) is 5.38. The Hall–Kier alpha value is -1.65. The van der Waals surface area contributed by atoms with Gasteiger partial charge in [0.15, 0.2) is 0 Å². The van der Waals surface area contributed by atoms with Crippen molar-refractivity contribution in [1.29, 1.82) is 5.26 Å². The van der Waals surface area contributed by atoms with Gasteiger partial charge >= 0.3 is 0 Å². The zero-order valence-electron chi connectivity index (χ0n) is 11.1. The Kier molecular flexibility index (Phi) is 3.97. The number of halogens is 1. The number of nitrogens with two attached hydrogens (primary N) is 1. The van der Waals surface area contributed by atoms with Gasteiger partial charge in [-0.2, -0.15) is 9.57 Å². The number of benzene rings is 1. The van der Waals surface area contributed by atoms with E-state index in [0.29, 0.717) is 0 Å². The van der Waals surface area contributed by atoms with Crippen LogP contribution in [0.15, 0.2) is 17.0 Å². The zero-order chi connectivity index (χ0) is 14.9. The Morgan fingerprint density at radius 2 is 2.15 bits per heavy atom. The first-order valence-corrected chi connectivity index (χ1v) is 7.76. The van der Waals surface area contributed by atoms with Crippen LogP contribution in [-0.2, 0) is 10.0 Å². The summed E-state index contributed by atoms with van der Waals surface area (Å²) in [6, 6.07) is 4.23. The number of hydrogen-bond acceptors (Lipinski definition) is 4. The van der Waals surface area contributed by atoms with Crippen LogP contribution >= 0.6 is 0 Å². The van der Waals surface area contributed by atoms with E-state index >= 15 is 0 Å². The molecular weight excluding hydrogens is 281 g/mol. The summed E-state index contributed by atoms with van der Waals surface area (Å²) in [4.78, 5) is -0.111. The van der Waals surface area contributed by atoms with Crippen molar-refractivity contribution in [1.82, 2.24) is 4.31 Å². The molecule has 1 aromatic rings. The second-order valence-corrected chi connectivity index (χ2v) is 6.74. The Morgan fingerprint density at radius 3 is 2.70 bits per heavy atom. The van der Waals surface area contributed by atoms with Gasteiger partial charge in [-0.25, -0.2) is 12.8 Å². The van der Waals surface area contributed by atoms with Crippen LogP contribution in [0.3, 0.4) is 0 Å². The lowest BCUT2D eigenvalue weighted by molar-refractivity contribution is 0.410. The number of sulfonamides is 1. The zero-order valence-corrected chi connectivity index (χ0v) is 12.0. The number of anilines is 1. The molecule has 0 heterocycles. The van der Waals surface area contributed by atoms with Crippen LogP contribution in [0.5, 0.6) is 0 Å². The van der Waals surface area contributed by atoms with Crippen LogP contribution < -0.4 is 5.73 Å². The van der Waals surface area contributed by atoms with Crippen molar-refractivity contribution in [3.8, 4) is 6.07 Å². The Morgan fingerprint density at radius 1 is 1.50 bits per heavy atom. The third-order valence-corrected chi connectivity index (χ3v) is 5.38. The van der Waals surface area contributed by atoms with Gasteiger partial charge in [0.2, 0.25) is 10.0 Å². The molecule has 0 atom stereocenters. The summed E-state index contributed by atoms with van der Waals surface area (Å²) in [6.07, 6.45) is 1.66. The fourth-order valence-electron chi connectivity index (χ4n) is 2.09. The maximum absolute atomic E-state index is 13.7.